The van der Waals surface area contributed by atoms with Gasteiger partial charge in [0, 0.05) is 29.6 Å². The summed E-state index contributed by atoms with van der Waals surface area (Å²) in [6.07, 6.45) is 4.62. The Morgan fingerprint density at radius 2 is 2.03 bits per heavy atom. The first-order valence-corrected chi connectivity index (χ1v) is 11.4. The van der Waals surface area contributed by atoms with Crippen LogP contribution in [0.2, 0.25) is 0 Å². The molecular weight excluding hydrogens is 382 g/mol. The highest BCUT2D eigenvalue weighted by molar-refractivity contribution is 7.19. The third kappa shape index (κ3) is 3.24. The summed E-state index contributed by atoms with van der Waals surface area (Å²) in [6, 6.07) is 2.56. The predicted molar refractivity (Wildman–Crippen MR) is 117 cm³/mol. The molecule has 7 heteroatoms. The Balaban J connectivity index is 1.75. The third-order valence-corrected chi connectivity index (χ3v) is 7.27. The number of aromatic nitrogens is 4. The van der Waals surface area contributed by atoms with Crippen molar-refractivity contribution in [2.24, 2.45) is 0 Å². The Morgan fingerprint density at radius 3 is 2.76 bits per heavy atom. The van der Waals surface area contributed by atoms with Gasteiger partial charge in [0.1, 0.15) is 10.6 Å². The second-order valence-electron chi connectivity index (χ2n) is 9.13. The second-order valence-corrected chi connectivity index (χ2v) is 10.2. The van der Waals surface area contributed by atoms with Gasteiger partial charge in [-0.3, -0.25) is 0 Å². The van der Waals surface area contributed by atoms with E-state index in [2.05, 4.69) is 43.8 Å². The molecule has 5 rings (SSSR count). The van der Waals surface area contributed by atoms with E-state index in [4.69, 9.17) is 14.7 Å². The monoisotopic (exact) mass is 411 g/mol. The topological polar surface area (TPSA) is 56.1 Å². The van der Waals surface area contributed by atoms with Crippen LogP contribution in [0.25, 0.3) is 16.2 Å². The van der Waals surface area contributed by atoms with Crippen molar-refractivity contribution in [1.82, 2.24) is 19.7 Å². The van der Waals surface area contributed by atoms with Crippen molar-refractivity contribution < 1.29 is 4.74 Å². The van der Waals surface area contributed by atoms with E-state index in [-0.39, 0.29) is 5.60 Å². The molecule has 0 aliphatic carbocycles. The molecule has 0 unspecified atom stereocenters. The molecule has 1 saturated heterocycles. The number of hydrogen-bond acceptors (Lipinski definition) is 6. The Hall–Kier alpha value is -1.99. The molecule has 1 fully saturated rings. The minimum Gasteiger partial charge on any atom is -0.370 e. The van der Waals surface area contributed by atoms with Crippen LogP contribution in [0, 0.1) is 13.8 Å². The van der Waals surface area contributed by atoms with E-state index in [9.17, 15) is 0 Å². The number of piperidine rings is 1. The zero-order valence-corrected chi connectivity index (χ0v) is 18.8. The summed E-state index contributed by atoms with van der Waals surface area (Å²) in [7, 11) is 0. The van der Waals surface area contributed by atoms with Crippen molar-refractivity contribution in [3.63, 3.8) is 0 Å². The average Bonchev–Trinajstić information content (AvgIpc) is 3.19. The highest BCUT2D eigenvalue weighted by atomic mass is 32.1. The smallest absolute Gasteiger partial charge is 0.254 e. The largest absolute Gasteiger partial charge is 0.370 e. The van der Waals surface area contributed by atoms with Gasteiger partial charge >= 0.3 is 0 Å². The fourth-order valence-electron chi connectivity index (χ4n) is 4.66. The molecule has 0 saturated carbocycles. The fourth-order valence-corrected chi connectivity index (χ4v) is 5.75. The van der Waals surface area contributed by atoms with Crippen molar-refractivity contribution >= 4 is 27.4 Å². The second kappa shape index (κ2) is 6.77. The minimum atomic E-state index is -0.153. The van der Waals surface area contributed by atoms with Crippen LogP contribution < -0.4 is 4.90 Å². The zero-order chi connectivity index (χ0) is 20.3. The molecule has 0 radical (unpaired) electrons. The third-order valence-electron chi connectivity index (χ3n) is 6.17. The van der Waals surface area contributed by atoms with Gasteiger partial charge in [0.25, 0.3) is 5.95 Å². The van der Waals surface area contributed by atoms with Crippen molar-refractivity contribution in [1.29, 1.82) is 0 Å². The molecule has 29 heavy (non-hydrogen) atoms. The van der Waals surface area contributed by atoms with E-state index >= 15 is 0 Å². The first-order chi connectivity index (χ1) is 13.8. The number of nitrogens with zero attached hydrogens (tertiary/aromatic N) is 5. The lowest BCUT2D eigenvalue weighted by Crippen LogP contribution is -2.38. The summed E-state index contributed by atoms with van der Waals surface area (Å²) in [4.78, 5) is 15.0. The molecule has 1 atom stereocenters. The van der Waals surface area contributed by atoms with Gasteiger partial charge in [-0.25, -0.2) is 4.68 Å². The first kappa shape index (κ1) is 19.0. The lowest BCUT2D eigenvalue weighted by Gasteiger charge is -2.35. The van der Waals surface area contributed by atoms with Crippen LogP contribution in [0.5, 0.6) is 0 Å². The molecule has 2 aliphatic heterocycles. The van der Waals surface area contributed by atoms with Crippen LogP contribution in [0.3, 0.4) is 0 Å². The van der Waals surface area contributed by atoms with Gasteiger partial charge in [0.2, 0.25) is 0 Å². The van der Waals surface area contributed by atoms with Gasteiger partial charge in [-0.15, -0.1) is 11.3 Å². The number of rotatable bonds is 2. The molecule has 0 bridgehead atoms. The van der Waals surface area contributed by atoms with Crippen molar-refractivity contribution in [2.45, 2.75) is 78.6 Å². The van der Waals surface area contributed by atoms with Gasteiger partial charge in [0.05, 0.1) is 23.3 Å². The Labute approximate surface area is 175 Å². The molecule has 0 aromatic carbocycles. The summed E-state index contributed by atoms with van der Waals surface area (Å²) >= 11 is 1.76. The summed E-state index contributed by atoms with van der Waals surface area (Å²) in [6.45, 7) is 12.5. The van der Waals surface area contributed by atoms with Crippen LogP contribution in [0.1, 0.15) is 61.9 Å². The minimum absolute atomic E-state index is 0.153. The van der Waals surface area contributed by atoms with Crippen molar-refractivity contribution in [2.75, 3.05) is 11.4 Å². The maximum Gasteiger partial charge on any atom is 0.254 e. The molecule has 154 valence electrons. The molecular formula is C22H29N5OS. The van der Waals surface area contributed by atoms with Crippen LogP contribution in [0.4, 0.5) is 5.82 Å². The number of thiophene rings is 1. The molecule has 2 aliphatic rings. The normalized spacial score (nSPS) is 21.6. The van der Waals surface area contributed by atoms with E-state index in [1.807, 2.05) is 11.6 Å². The van der Waals surface area contributed by atoms with Crippen LogP contribution in [0.15, 0.2) is 6.07 Å². The van der Waals surface area contributed by atoms with Gasteiger partial charge in [-0.1, -0.05) is 0 Å². The Kier molecular flexibility index (Phi) is 4.44. The lowest BCUT2D eigenvalue weighted by atomic mass is 9.94. The number of aryl methyl sites for hydroxylation is 2. The van der Waals surface area contributed by atoms with E-state index in [0.29, 0.717) is 18.6 Å². The first-order valence-electron chi connectivity index (χ1n) is 10.6. The molecule has 0 amide bonds. The SMILES string of the molecule is Cc1cc(C)n(-c2nc(N3CCCC[C@H]3C)c3c4c(sc3n2)COC(C)(C)C4)n1. The molecule has 3 aromatic heterocycles. The van der Waals surface area contributed by atoms with E-state index in [1.165, 1.54) is 35.1 Å². The maximum absolute atomic E-state index is 6.10. The number of fused-ring (bicyclic) bond motifs is 3. The number of hydrogen-bond donors (Lipinski definition) is 0. The van der Waals surface area contributed by atoms with Crippen LogP contribution in [-0.2, 0) is 17.8 Å². The zero-order valence-electron chi connectivity index (χ0n) is 17.9. The van der Waals surface area contributed by atoms with Gasteiger partial charge < -0.3 is 9.64 Å². The Bertz CT molecular complexity index is 1080. The van der Waals surface area contributed by atoms with Gasteiger partial charge in [-0.2, -0.15) is 15.1 Å². The summed E-state index contributed by atoms with van der Waals surface area (Å²) in [5, 5.41) is 5.89. The quantitative estimate of drug-likeness (QED) is 0.610. The highest BCUT2D eigenvalue weighted by Gasteiger charge is 2.33. The van der Waals surface area contributed by atoms with Crippen molar-refractivity contribution in [3.05, 3.63) is 27.9 Å². The van der Waals surface area contributed by atoms with Crippen LogP contribution in [-0.4, -0.2) is 37.9 Å². The van der Waals surface area contributed by atoms with Crippen LogP contribution >= 0.6 is 11.3 Å². The molecule has 0 N–H and O–H groups in total. The molecule has 5 heterocycles. The predicted octanol–water partition coefficient (Wildman–Crippen LogP) is 4.72. The average molecular weight is 412 g/mol. The summed E-state index contributed by atoms with van der Waals surface area (Å²) in [5.41, 5.74) is 3.28. The summed E-state index contributed by atoms with van der Waals surface area (Å²) in [5.74, 6) is 1.76. The van der Waals surface area contributed by atoms with Crippen molar-refractivity contribution in [3.8, 4) is 5.95 Å². The fraction of sp³-hybridized carbons (Fsp3) is 0.591. The van der Waals surface area contributed by atoms with Gasteiger partial charge in [-0.05, 0) is 65.5 Å². The van der Waals surface area contributed by atoms with E-state index in [1.54, 1.807) is 11.3 Å². The number of ether oxygens (including phenoxy) is 1. The standard InChI is InChI=1S/C22H29N5OS/c1-13-10-15(3)27(25-13)21-23-19(26-9-7-6-8-14(26)2)18-16-11-22(4,5)28-12-17(16)29-20(18)24-21/h10,14H,6-9,11-12H2,1-5H3/t14-/m1/s1. The van der Waals surface area contributed by atoms with Gasteiger partial charge in [0.15, 0.2) is 0 Å². The van der Waals surface area contributed by atoms with E-state index < -0.39 is 0 Å². The molecule has 3 aromatic rings. The Morgan fingerprint density at radius 1 is 1.21 bits per heavy atom. The maximum atomic E-state index is 6.10. The van der Waals surface area contributed by atoms with E-state index in [0.717, 1.165) is 35.0 Å². The molecule has 6 nitrogen and oxygen atoms in total. The lowest BCUT2D eigenvalue weighted by molar-refractivity contribution is -0.0379. The summed E-state index contributed by atoms with van der Waals surface area (Å²) < 4.78 is 7.98. The molecule has 0 spiro atoms. The highest BCUT2D eigenvalue weighted by Crippen LogP contribution is 2.43. The number of anilines is 1.